The zero-order valence-corrected chi connectivity index (χ0v) is 13.3. The minimum Gasteiger partial charge on any atom is -0.491 e. The van der Waals surface area contributed by atoms with Crippen molar-refractivity contribution in [1.82, 2.24) is 4.72 Å². The van der Waals surface area contributed by atoms with E-state index < -0.39 is 15.8 Å². The van der Waals surface area contributed by atoms with Gasteiger partial charge in [-0.05, 0) is 43.2 Å². The van der Waals surface area contributed by atoms with Gasteiger partial charge in [0.15, 0.2) is 11.6 Å². The van der Waals surface area contributed by atoms with Gasteiger partial charge < -0.3 is 4.74 Å². The fourth-order valence-electron chi connectivity index (χ4n) is 2.04. The van der Waals surface area contributed by atoms with E-state index in [2.05, 4.69) is 4.72 Å². The van der Waals surface area contributed by atoms with E-state index in [1.54, 1.807) is 38.1 Å². The van der Waals surface area contributed by atoms with Crippen LogP contribution in [0.25, 0.3) is 0 Å². The molecule has 118 valence electrons. The molecule has 0 fully saturated rings. The highest BCUT2D eigenvalue weighted by Crippen LogP contribution is 2.19. The molecule has 0 atom stereocenters. The molecule has 6 heteroatoms. The number of benzene rings is 2. The predicted molar refractivity (Wildman–Crippen MR) is 82.8 cm³/mol. The molecule has 4 nitrogen and oxygen atoms in total. The number of rotatable bonds is 6. The summed E-state index contributed by atoms with van der Waals surface area (Å²) < 4.78 is 45.8. The Hall–Kier alpha value is -1.92. The largest absolute Gasteiger partial charge is 0.491 e. The molecule has 0 aliphatic heterocycles. The van der Waals surface area contributed by atoms with Crippen molar-refractivity contribution in [3.05, 3.63) is 59.4 Å². The highest BCUT2D eigenvalue weighted by Gasteiger charge is 2.16. The molecular weight excluding hydrogens is 305 g/mol. The number of aryl methyl sites for hydroxylation is 1. The van der Waals surface area contributed by atoms with Gasteiger partial charge in [0.05, 0.1) is 11.5 Å². The third kappa shape index (κ3) is 3.84. The molecule has 1 N–H and O–H groups in total. The van der Waals surface area contributed by atoms with Crippen molar-refractivity contribution in [2.45, 2.75) is 25.3 Å². The van der Waals surface area contributed by atoms with Crippen LogP contribution in [0.3, 0.4) is 0 Å². The minimum absolute atomic E-state index is 0.0139. The highest BCUT2D eigenvalue weighted by molar-refractivity contribution is 7.89. The number of halogens is 1. The van der Waals surface area contributed by atoms with Gasteiger partial charge in [-0.15, -0.1) is 0 Å². The first-order valence-electron chi connectivity index (χ1n) is 6.90. The Morgan fingerprint density at radius 1 is 1.18 bits per heavy atom. The summed E-state index contributed by atoms with van der Waals surface area (Å²) >= 11 is 0. The van der Waals surface area contributed by atoms with Crippen molar-refractivity contribution in [1.29, 1.82) is 0 Å². The van der Waals surface area contributed by atoms with Gasteiger partial charge in [0, 0.05) is 6.54 Å². The Morgan fingerprint density at radius 3 is 2.55 bits per heavy atom. The molecule has 0 heterocycles. The fourth-order valence-corrected chi connectivity index (χ4v) is 3.30. The van der Waals surface area contributed by atoms with Crippen LogP contribution in [-0.4, -0.2) is 15.0 Å². The summed E-state index contributed by atoms with van der Waals surface area (Å²) in [4.78, 5) is 0.224. The Bertz CT molecular complexity index is 760. The van der Waals surface area contributed by atoms with Gasteiger partial charge in [-0.3, -0.25) is 0 Å². The van der Waals surface area contributed by atoms with Gasteiger partial charge in [-0.25, -0.2) is 17.5 Å². The Labute approximate surface area is 130 Å². The Kier molecular flexibility index (Phi) is 5.15. The van der Waals surface area contributed by atoms with E-state index in [1.165, 1.54) is 18.2 Å². The lowest BCUT2D eigenvalue weighted by Gasteiger charge is -2.10. The normalized spacial score (nSPS) is 11.4. The second kappa shape index (κ2) is 6.89. The quantitative estimate of drug-likeness (QED) is 0.889. The summed E-state index contributed by atoms with van der Waals surface area (Å²) in [7, 11) is -3.63. The Morgan fingerprint density at radius 2 is 1.91 bits per heavy atom. The number of nitrogens with one attached hydrogen (secondary N) is 1. The lowest BCUT2D eigenvalue weighted by molar-refractivity contribution is 0.321. The van der Waals surface area contributed by atoms with Crippen LogP contribution in [0.1, 0.15) is 18.1 Å². The van der Waals surface area contributed by atoms with Crippen LogP contribution in [0, 0.1) is 12.7 Å². The molecule has 0 aromatic heterocycles. The second-order valence-electron chi connectivity index (χ2n) is 4.79. The van der Waals surface area contributed by atoms with Crippen molar-refractivity contribution in [3.8, 4) is 5.75 Å². The van der Waals surface area contributed by atoms with Crippen molar-refractivity contribution in [2.75, 3.05) is 6.61 Å². The SMILES string of the molecule is CCOc1ccc(CNS(=O)(=O)c2ccccc2C)cc1F. The van der Waals surface area contributed by atoms with Gasteiger partial charge in [-0.2, -0.15) is 0 Å². The van der Waals surface area contributed by atoms with E-state index in [9.17, 15) is 12.8 Å². The number of hydrogen-bond donors (Lipinski definition) is 1. The van der Waals surface area contributed by atoms with E-state index >= 15 is 0 Å². The van der Waals surface area contributed by atoms with Gasteiger partial charge in [-0.1, -0.05) is 24.3 Å². The van der Waals surface area contributed by atoms with Crippen molar-refractivity contribution in [2.24, 2.45) is 0 Å². The third-order valence-electron chi connectivity index (χ3n) is 3.15. The van der Waals surface area contributed by atoms with Crippen LogP contribution < -0.4 is 9.46 Å². The molecule has 0 aliphatic carbocycles. The lowest BCUT2D eigenvalue weighted by atomic mass is 10.2. The molecule has 2 aromatic rings. The monoisotopic (exact) mass is 323 g/mol. The molecule has 0 amide bonds. The molecule has 2 rings (SSSR count). The van der Waals surface area contributed by atoms with Crippen molar-refractivity contribution in [3.63, 3.8) is 0 Å². The van der Waals surface area contributed by atoms with Crippen LogP contribution in [0.15, 0.2) is 47.4 Å². The molecule has 0 radical (unpaired) electrons. The van der Waals surface area contributed by atoms with Gasteiger partial charge in [0.2, 0.25) is 10.0 Å². The summed E-state index contributed by atoms with van der Waals surface area (Å²) in [5, 5.41) is 0. The van der Waals surface area contributed by atoms with E-state index in [-0.39, 0.29) is 17.2 Å². The topological polar surface area (TPSA) is 55.4 Å². The van der Waals surface area contributed by atoms with Crippen LogP contribution in [0.4, 0.5) is 4.39 Å². The van der Waals surface area contributed by atoms with E-state index in [4.69, 9.17) is 4.74 Å². The van der Waals surface area contributed by atoms with Crippen LogP contribution >= 0.6 is 0 Å². The average Bonchev–Trinajstić information content (AvgIpc) is 2.48. The first-order valence-corrected chi connectivity index (χ1v) is 8.39. The van der Waals surface area contributed by atoms with E-state index in [0.717, 1.165) is 0 Å². The molecule has 0 saturated heterocycles. The maximum Gasteiger partial charge on any atom is 0.241 e. The summed E-state index contributed by atoms with van der Waals surface area (Å²) in [6.45, 7) is 3.88. The summed E-state index contributed by atoms with van der Waals surface area (Å²) in [6, 6.07) is 11.1. The van der Waals surface area contributed by atoms with Crippen LogP contribution in [0.5, 0.6) is 5.75 Å². The minimum atomic E-state index is -3.63. The molecular formula is C16H18FNO3S. The molecule has 0 saturated carbocycles. The standard InChI is InChI=1S/C16H18FNO3S/c1-3-21-15-9-8-13(10-14(15)17)11-18-22(19,20)16-7-5-4-6-12(16)2/h4-10,18H,3,11H2,1-2H3. The van der Waals surface area contributed by atoms with Gasteiger partial charge in [0.1, 0.15) is 0 Å². The van der Waals surface area contributed by atoms with Gasteiger partial charge in [0.25, 0.3) is 0 Å². The lowest BCUT2D eigenvalue weighted by Crippen LogP contribution is -2.24. The third-order valence-corrected chi connectivity index (χ3v) is 4.71. The number of hydrogen-bond acceptors (Lipinski definition) is 3. The average molecular weight is 323 g/mol. The van der Waals surface area contributed by atoms with Gasteiger partial charge >= 0.3 is 0 Å². The molecule has 0 bridgehead atoms. The van der Waals surface area contributed by atoms with Crippen molar-refractivity contribution >= 4 is 10.0 Å². The summed E-state index contributed by atoms with van der Waals surface area (Å²) in [5.41, 5.74) is 1.19. The molecule has 0 unspecified atom stereocenters. The maximum atomic E-state index is 13.7. The zero-order chi connectivity index (χ0) is 16.2. The summed E-state index contributed by atoms with van der Waals surface area (Å²) in [6.07, 6.45) is 0. The van der Waals surface area contributed by atoms with Crippen molar-refractivity contribution < 1.29 is 17.5 Å². The highest BCUT2D eigenvalue weighted by atomic mass is 32.2. The molecule has 0 spiro atoms. The molecule has 2 aromatic carbocycles. The van der Waals surface area contributed by atoms with E-state index in [1.807, 2.05) is 0 Å². The number of ether oxygens (including phenoxy) is 1. The summed E-state index contributed by atoms with van der Waals surface area (Å²) in [5.74, 6) is -0.345. The number of sulfonamides is 1. The molecule has 22 heavy (non-hydrogen) atoms. The zero-order valence-electron chi connectivity index (χ0n) is 12.5. The first kappa shape index (κ1) is 16.5. The van der Waals surface area contributed by atoms with Crippen LogP contribution in [0.2, 0.25) is 0 Å². The maximum absolute atomic E-state index is 13.7. The molecule has 0 aliphatic rings. The first-order chi connectivity index (χ1) is 10.4. The fraction of sp³-hybridized carbons (Fsp3) is 0.250. The predicted octanol–water partition coefficient (Wildman–Crippen LogP) is 3.01. The van der Waals surface area contributed by atoms with E-state index in [0.29, 0.717) is 17.7 Å². The Balaban J connectivity index is 2.13. The second-order valence-corrected chi connectivity index (χ2v) is 6.52. The van der Waals surface area contributed by atoms with Crippen LogP contribution in [-0.2, 0) is 16.6 Å². The smallest absolute Gasteiger partial charge is 0.241 e.